The van der Waals surface area contributed by atoms with E-state index in [1.165, 1.54) is 0 Å². The van der Waals surface area contributed by atoms with Crippen LogP contribution in [0.2, 0.25) is 0 Å². The van der Waals surface area contributed by atoms with Gasteiger partial charge in [0.2, 0.25) is 5.91 Å². The molecule has 0 aliphatic heterocycles. The van der Waals surface area contributed by atoms with Crippen LogP contribution in [-0.2, 0) is 4.79 Å². The summed E-state index contributed by atoms with van der Waals surface area (Å²) >= 11 is 0. The van der Waals surface area contributed by atoms with Gasteiger partial charge in [0.1, 0.15) is 0 Å². The number of carbonyl (C=O) groups excluding carboxylic acids is 1. The zero-order chi connectivity index (χ0) is 9.56. The standard InChI is InChI=1S/C10H21NO/c1-5-6-10(12)11-9(4)7-8(2)3/h8-9H,5-7H2,1-4H3,(H,11,12). The summed E-state index contributed by atoms with van der Waals surface area (Å²) in [6.07, 6.45) is 2.65. The number of nitrogens with one attached hydrogen (secondary N) is 1. The zero-order valence-electron chi connectivity index (χ0n) is 8.68. The number of hydrogen-bond donors (Lipinski definition) is 1. The summed E-state index contributed by atoms with van der Waals surface area (Å²) in [5, 5.41) is 2.97. The van der Waals surface area contributed by atoms with Crippen LogP contribution < -0.4 is 5.32 Å². The van der Waals surface area contributed by atoms with Crippen molar-refractivity contribution in [3.63, 3.8) is 0 Å². The third-order valence-corrected chi connectivity index (χ3v) is 1.71. The Hall–Kier alpha value is -0.530. The minimum absolute atomic E-state index is 0.186. The molecule has 0 bridgehead atoms. The van der Waals surface area contributed by atoms with E-state index in [1.807, 2.05) is 6.92 Å². The van der Waals surface area contributed by atoms with Crippen molar-refractivity contribution in [3.8, 4) is 0 Å². The minimum atomic E-state index is 0.186. The van der Waals surface area contributed by atoms with E-state index in [0.717, 1.165) is 12.8 Å². The maximum absolute atomic E-state index is 11.1. The molecule has 0 saturated heterocycles. The first-order chi connectivity index (χ1) is 5.56. The van der Waals surface area contributed by atoms with Gasteiger partial charge >= 0.3 is 0 Å². The first-order valence-electron chi connectivity index (χ1n) is 4.85. The lowest BCUT2D eigenvalue weighted by Crippen LogP contribution is -2.33. The van der Waals surface area contributed by atoms with E-state index in [2.05, 4.69) is 26.1 Å². The van der Waals surface area contributed by atoms with Crippen molar-refractivity contribution in [2.45, 2.75) is 53.0 Å². The van der Waals surface area contributed by atoms with Crippen LogP contribution in [0, 0.1) is 5.92 Å². The van der Waals surface area contributed by atoms with Gasteiger partial charge in [-0.2, -0.15) is 0 Å². The molecule has 0 aromatic carbocycles. The van der Waals surface area contributed by atoms with Crippen LogP contribution in [-0.4, -0.2) is 11.9 Å². The molecule has 0 aromatic heterocycles. The number of amides is 1. The highest BCUT2D eigenvalue weighted by atomic mass is 16.1. The maximum Gasteiger partial charge on any atom is 0.220 e. The van der Waals surface area contributed by atoms with E-state index in [0.29, 0.717) is 18.4 Å². The van der Waals surface area contributed by atoms with Gasteiger partial charge < -0.3 is 5.32 Å². The Labute approximate surface area is 75.7 Å². The van der Waals surface area contributed by atoms with Crippen molar-refractivity contribution in [3.05, 3.63) is 0 Å². The van der Waals surface area contributed by atoms with Gasteiger partial charge in [0.25, 0.3) is 0 Å². The van der Waals surface area contributed by atoms with Gasteiger partial charge in [0, 0.05) is 12.5 Å². The van der Waals surface area contributed by atoms with E-state index >= 15 is 0 Å². The van der Waals surface area contributed by atoms with Crippen molar-refractivity contribution in [1.82, 2.24) is 5.32 Å². The molecule has 0 fully saturated rings. The molecule has 0 saturated carbocycles. The molecule has 72 valence electrons. The summed E-state index contributed by atoms with van der Waals surface area (Å²) in [4.78, 5) is 11.1. The Morgan fingerprint density at radius 3 is 2.33 bits per heavy atom. The first kappa shape index (κ1) is 11.5. The Morgan fingerprint density at radius 2 is 1.92 bits per heavy atom. The fraction of sp³-hybridized carbons (Fsp3) is 0.900. The average molecular weight is 171 g/mol. The fourth-order valence-corrected chi connectivity index (χ4v) is 1.34. The molecule has 1 atom stereocenters. The third-order valence-electron chi connectivity index (χ3n) is 1.71. The van der Waals surface area contributed by atoms with Crippen molar-refractivity contribution in [2.24, 2.45) is 5.92 Å². The maximum atomic E-state index is 11.1. The smallest absolute Gasteiger partial charge is 0.220 e. The lowest BCUT2D eigenvalue weighted by Gasteiger charge is -2.15. The lowest BCUT2D eigenvalue weighted by atomic mass is 10.1. The van der Waals surface area contributed by atoms with E-state index in [1.54, 1.807) is 0 Å². The van der Waals surface area contributed by atoms with Gasteiger partial charge in [-0.25, -0.2) is 0 Å². The Kier molecular flexibility index (Phi) is 5.77. The Bertz CT molecular complexity index is 132. The molecular weight excluding hydrogens is 150 g/mol. The number of carbonyl (C=O) groups is 1. The summed E-state index contributed by atoms with van der Waals surface area (Å²) < 4.78 is 0. The van der Waals surface area contributed by atoms with Crippen LogP contribution in [0.5, 0.6) is 0 Å². The normalized spacial score (nSPS) is 13.1. The van der Waals surface area contributed by atoms with Gasteiger partial charge in [0.15, 0.2) is 0 Å². The molecule has 1 amide bonds. The van der Waals surface area contributed by atoms with Gasteiger partial charge in [0.05, 0.1) is 0 Å². The molecule has 12 heavy (non-hydrogen) atoms. The molecule has 2 nitrogen and oxygen atoms in total. The largest absolute Gasteiger partial charge is 0.354 e. The van der Waals surface area contributed by atoms with Crippen LogP contribution in [0.4, 0.5) is 0 Å². The predicted molar refractivity (Wildman–Crippen MR) is 52.0 cm³/mol. The molecule has 0 aliphatic rings. The summed E-state index contributed by atoms with van der Waals surface area (Å²) in [7, 11) is 0. The molecule has 0 spiro atoms. The van der Waals surface area contributed by atoms with E-state index in [-0.39, 0.29) is 5.91 Å². The molecular formula is C10H21NO. The van der Waals surface area contributed by atoms with Crippen molar-refractivity contribution in [1.29, 1.82) is 0 Å². The second-order valence-electron chi connectivity index (χ2n) is 3.85. The molecule has 0 radical (unpaired) electrons. The molecule has 0 heterocycles. The molecule has 0 aliphatic carbocycles. The second kappa shape index (κ2) is 6.04. The Morgan fingerprint density at radius 1 is 1.33 bits per heavy atom. The Balaban J connectivity index is 3.54. The quantitative estimate of drug-likeness (QED) is 0.676. The number of rotatable bonds is 5. The van der Waals surface area contributed by atoms with Crippen LogP contribution >= 0.6 is 0 Å². The summed E-state index contributed by atoms with van der Waals surface area (Å²) in [5.74, 6) is 0.840. The molecule has 2 heteroatoms. The third kappa shape index (κ3) is 6.20. The van der Waals surface area contributed by atoms with Gasteiger partial charge in [-0.3, -0.25) is 4.79 Å². The number of hydrogen-bond acceptors (Lipinski definition) is 1. The monoisotopic (exact) mass is 171 g/mol. The van der Waals surface area contributed by atoms with E-state index in [9.17, 15) is 4.79 Å². The molecule has 1 unspecified atom stereocenters. The first-order valence-corrected chi connectivity index (χ1v) is 4.85. The lowest BCUT2D eigenvalue weighted by molar-refractivity contribution is -0.121. The average Bonchev–Trinajstić information content (AvgIpc) is 1.84. The summed E-state index contributed by atoms with van der Waals surface area (Å²) in [5.41, 5.74) is 0. The fourth-order valence-electron chi connectivity index (χ4n) is 1.34. The van der Waals surface area contributed by atoms with Crippen molar-refractivity contribution >= 4 is 5.91 Å². The van der Waals surface area contributed by atoms with Crippen molar-refractivity contribution in [2.75, 3.05) is 0 Å². The second-order valence-corrected chi connectivity index (χ2v) is 3.85. The van der Waals surface area contributed by atoms with Crippen LogP contribution in [0.25, 0.3) is 0 Å². The van der Waals surface area contributed by atoms with Gasteiger partial charge in [-0.05, 0) is 25.7 Å². The van der Waals surface area contributed by atoms with Crippen LogP contribution in [0.1, 0.15) is 47.0 Å². The van der Waals surface area contributed by atoms with Crippen LogP contribution in [0.15, 0.2) is 0 Å². The molecule has 0 aromatic rings. The van der Waals surface area contributed by atoms with Crippen molar-refractivity contribution < 1.29 is 4.79 Å². The van der Waals surface area contributed by atoms with E-state index in [4.69, 9.17) is 0 Å². The highest BCUT2D eigenvalue weighted by Crippen LogP contribution is 2.03. The van der Waals surface area contributed by atoms with E-state index < -0.39 is 0 Å². The molecule has 0 rings (SSSR count). The van der Waals surface area contributed by atoms with Gasteiger partial charge in [-0.1, -0.05) is 20.8 Å². The topological polar surface area (TPSA) is 29.1 Å². The summed E-state index contributed by atoms with van der Waals surface area (Å²) in [6, 6.07) is 0.323. The SMILES string of the molecule is CCCC(=O)NC(C)CC(C)C. The van der Waals surface area contributed by atoms with Crippen LogP contribution in [0.3, 0.4) is 0 Å². The van der Waals surface area contributed by atoms with Gasteiger partial charge in [-0.15, -0.1) is 0 Å². The zero-order valence-corrected chi connectivity index (χ0v) is 8.68. The summed E-state index contributed by atoms with van der Waals surface area (Å²) in [6.45, 7) is 8.42. The highest BCUT2D eigenvalue weighted by Gasteiger charge is 2.07. The molecule has 1 N–H and O–H groups in total. The minimum Gasteiger partial charge on any atom is -0.354 e. The predicted octanol–water partition coefficient (Wildman–Crippen LogP) is 2.34. The highest BCUT2D eigenvalue weighted by molar-refractivity contribution is 5.76.